The van der Waals surface area contributed by atoms with Gasteiger partial charge in [0, 0.05) is 37.1 Å². The van der Waals surface area contributed by atoms with Crippen molar-refractivity contribution >= 4 is 42.3 Å². The van der Waals surface area contributed by atoms with E-state index in [4.69, 9.17) is 16.3 Å². The van der Waals surface area contributed by atoms with Gasteiger partial charge in [0.25, 0.3) is 0 Å². The summed E-state index contributed by atoms with van der Waals surface area (Å²) in [6.45, 7) is 4.89. The number of nitrogens with one attached hydrogen (secondary N) is 2. The molecule has 0 bridgehead atoms. The number of nitrogens with zero attached hydrogens (tertiary/aromatic N) is 1. The summed E-state index contributed by atoms with van der Waals surface area (Å²) in [7, 11) is 0. The lowest BCUT2D eigenvalue weighted by Crippen LogP contribution is -2.44. The minimum Gasteiger partial charge on any atom is -0.379 e. The van der Waals surface area contributed by atoms with E-state index in [1.165, 1.54) is 12.0 Å². The van der Waals surface area contributed by atoms with Crippen LogP contribution in [0, 0.1) is 0 Å². The molecule has 0 spiro atoms. The summed E-state index contributed by atoms with van der Waals surface area (Å²) in [5.74, 6) is 0.127. The van der Waals surface area contributed by atoms with Crippen LogP contribution in [0.25, 0.3) is 0 Å². The lowest BCUT2D eigenvalue weighted by molar-refractivity contribution is -0.121. The van der Waals surface area contributed by atoms with Gasteiger partial charge in [0.1, 0.15) is 0 Å². The quantitative estimate of drug-likeness (QED) is 0.737. The average molecular weight is 425 g/mol. The Balaban J connectivity index is 0.00000169. The number of hydrogen-bond donors (Lipinski definition) is 2. The third kappa shape index (κ3) is 6.87. The van der Waals surface area contributed by atoms with Crippen LogP contribution in [0.5, 0.6) is 0 Å². The topological polar surface area (TPSA) is 53.6 Å². The van der Waals surface area contributed by atoms with Gasteiger partial charge in [-0.05, 0) is 37.1 Å². The third-order valence-electron chi connectivity index (χ3n) is 4.83. The zero-order valence-electron chi connectivity index (χ0n) is 14.8. The van der Waals surface area contributed by atoms with Crippen molar-refractivity contribution < 1.29 is 9.53 Å². The predicted molar refractivity (Wildman–Crippen MR) is 110 cm³/mol. The number of carbonyl (C=O) groups is 1. The van der Waals surface area contributed by atoms with E-state index in [0.29, 0.717) is 19.0 Å². The number of hydrogen-bond acceptors (Lipinski definition) is 4. The smallest absolute Gasteiger partial charge is 0.221 e. The molecule has 0 aromatic heterocycles. The van der Waals surface area contributed by atoms with Crippen LogP contribution in [0.2, 0.25) is 5.02 Å². The van der Waals surface area contributed by atoms with Gasteiger partial charge in [0.15, 0.2) is 0 Å². The molecule has 2 fully saturated rings. The molecular weight excluding hydrogens is 397 g/mol. The van der Waals surface area contributed by atoms with Crippen LogP contribution in [0.15, 0.2) is 24.3 Å². The molecule has 26 heavy (non-hydrogen) atoms. The molecule has 2 unspecified atom stereocenters. The van der Waals surface area contributed by atoms with E-state index < -0.39 is 0 Å². The van der Waals surface area contributed by atoms with Crippen LogP contribution in [0.3, 0.4) is 0 Å². The van der Waals surface area contributed by atoms with Crippen LogP contribution in [0.1, 0.15) is 30.9 Å². The minimum atomic E-state index is 0. The summed E-state index contributed by atoms with van der Waals surface area (Å²) in [6, 6.07) is 8.41. The molecule has 1 aromatic carbocycles. The molecule has 1 amide bonds. The number of amides is 1. The largest absolute Gasteiger partial charge is 0.379 e. The summed E-state index contributed by atoms with van der Waals surface area (Å²) in [4.78, 5) is 14.6. The maximum atomic E-state index is 12.3. The van der Waals surface area contributed by atoms with Crippen molar-refractivity contribution in [1.29, 1.82) is 0 Å². The van der Waals surface area contributed by atoms with E-state index in [9.17, 15) is 4.79 Å². The van der Waals surface area contributed by atoms with E-state index in [1.54, 1.807) is 0 Å². The van der Waals surface area contributed by atoms with E-state index >= 15 is 0 Å². The highest BCUT2D eigenvalue weighted by atomic mass is 35.5. The maximum Gasteiger partial charge on any atom is 0.221 e. The van der Waals surface area contributed by atoms with Crippen molar-refractivity contribution in [2.45, 2.75) is 31.3 Å². The Morgan fingerprint density at radius 3 is 2.58 bits per heavy atom. The van der Waals surface area contributed by atoms with Gasteiger partial charge in [-0.1, -0.05) is 23.7 Å². The number of carbonyl (C=O) groups excluding carboxylic acids is 1. The Labute approximate surface area is 173 Å². The number of rotatable bonds is 6. The highest BCUT2D eigenvalue weighted by Gasteiger charge is 2.24. The first-order valence-electron chi connectivity index (χ1n) is 8.80. The highest BCUT2D eigenvalue weighted by Crippen LogP contribution is 2.23. The van der Waals surface area contributed by atoms with Crippen LogP contribution in [0.4, 0.5) is 0 Å². The maximum absolute atomic E-state index is 12.3. The van der Waals surface area contributed by atoms with Gasteiger partial charge in [0.05, 0.1) is 19.3 Å². The van der Waals surface area contributed by atoms with Crippen LogP contribution in [-0.4, -0.2) is 56.2 Å². The zero-order valence-corrected chi connectivity index (χ0v) is 17.2. The normalized spacial score (nSPS) is 21.3. The van der Waals surface area contributed by atoms with Gasteiger partial charge in [0.2, 0.25) is 5.91 Å². The van der Waals surface area contributed by atoms with Crippen molar-refractivity contribution in [3.63, 3.8) is 0 Å². The predicted octanol–water partition coefficient (Wildman–Crippen LogP) is 2.82. The first-order valence-corrected chi connectivity index (χ1v) is 9.17. The zero-order chi connectivity index (χ0) is 16.8. The molecule has 2 aliphatic rings. The Hall–Kier alpha value is -0.560. The lowest BCUT2D eigenvalue weighted by Gasteiger charge is -2.35. The van der Waals surface area contributed by atoms with Gasteiger partial charge in [-0.15, -0.1) is 24.8 Å². The Kier molecular flexibility index (Phi) is 10.8. The van der Waals surface area contributed by atoms with Crippen molar-refractivity contribution in [1.82, 2.24) is 15.5 Å². The molecule has 2 aliphatic heterocycles. The van der Waals surface area contributed by atoms with Gasteiger partial charge < -0.3 is 15.4 Å². The molecular formula is C18H28Cl3N3O2. The number of morpholine rings is 1. The summed E-state index contributed by atoms with van der Waals surface area (Å²) in [5.41, 5.74) is 1.18. The third-order valence-corrected chi connectivity index (χ3v) is 5.08. The molecule has 0 saturated carbocycles. The second-order valence-corrected chi connectivity index (χ2v) is 6.95. The molecule has 0 radical (unpaired) electrons. The first-order chi connectivity index (χ1) is 11.7. The lowest BCUT2D eigenvalue weighted by atomic mass is 10.0. The number of ether oxygens (including phenoxy) is 1. The summed E-state index contributed by atoms with van der Waals surface area (Å²) < 4.78 is 5.46. The monoisotopic (exact) mass is 423 g/mol. The molecule has 0 aliphatic carbocycles. The fourth-order valence-electron chi connectivity index (χ4n) is 3.47. The number of halogens is 3. The summed E-state index contributed by atoms with van der Waals surface area (Å²) in [5, 5.41) is 7.23. The number of benzene rings is 1. The standard InChI is InChI=1S/C18H26ClN3O2.2ClH/c19-15-5-3-14(4-6-15)17(22-8-10-24-11-9-22)13-21-18(23)12-16-2-1-7-20-16;;/h3-6,16-17,20H,1-2,7-13H2,(H,21,23);2*1H. The van der Waals surface area contributed by atoms with E-state index in [1.807, 2.05) is 24.3 Å². The van der Waals surface area contributed by atoms with E-state index in [-0.39, 0.29) is 36.8 Å². The van der Waals surface area contributed by atoms with E-state index in [0.717, 1.165) is 44.3 Å². The molecule has 3 rings (SSSR count). The molecule has 2 saturated heterocycles. The fourth-order valence-corrected chi connectivity index (χ4v) is 3.60. The summed E-state index contributed by atoms with van der Waals surface area (Å²) in [6.07, 6.45) is 2.83. The second-order valence-electron chi connectivity index (χ2n) is 6.52. The Morgan fingerprint density at radius 1 is 1.27 bits per heavy atom. The summed E-state index contributed by atoms with van der Waals surface area (Å²) >= 11 is 6.01. The van der Waals surface area contributed by atoms with Gasteiger partial charge in [-0.2, -0.15) is 0 Å². The fraction of sp³-hybridized carbons (Fsp3) is 0.611. The van der Waals surface area contributed by atoms with Crippen LogP contribution >= 0.6 is 36.4 Å². The molecule has 2 atom stereocenters. The average Bonchev–Trinajstić information content (AvgIpc) is 3.10. The van der Waals surface area contributed by atoms with Crippen LogP contribution < -0.4 is 10.6 Å². The Bertz CT molecular complexity index is 533. The van der Waals surface area contributed by atoms with Gasteiger partial charge in [-0.25, -0.2) is 0 Å². The van der Waals surface area contributed by atoms with E-state index in [2.05, 4.69) is 15.5 Å². The molecule has 1 aromatic rings. The molecule has 8 heteroatoms. The second kappa shape index (κ2) is 12.0. The Morgan fingerprint density at radius 2 is 1.96 bits per heavy atom. The SMILES string of the molecule is Cl.Cl.O=C(CC1CCCN1)NCC(c1ccc(Cl)cc1)N1CCOCC1. The highest BCUT2D eigenvalue weighted by molar-refractivity contribution is 6.30. The molecule has 148 valence electrons. The van der Waals surface area contributed by atoms with Crippen molar-refractivity contribution in [3.05, 3.63) is 34.9 Å². The van der Waals surface area contributed by atoms with Crippen molar-refractivity contribution in [3.8, 4) is 0 Å². The van der Waals surface area contributed by atoms with Crippen molar-refractivity contribution in [2.24, 2.45) is 0 Å². The van der Waals surface area contributed by atoms with Crippen molar-refractivity contribution in [2.75, 3.05) is 39.4 Å². The van der Waals surface area contributed by atoms with Gasteiger partial charge in [-0.3, -0.25) is 9.69 Å². The minimum absolute atomic E-state index is 0. The van der Waals surface area contributed by atoms with Gasteiger partial charge >= 0.3 is 0 Å². The first kappa shape index (κ1) is 23.5. The van der Waals surface area contributed by atoms with Crippen LogP contribution in [-0.2, 0) is 9.53 Å². The molecule has 2 heterocycles. The molecule has 5 nitrogen and oxygen atoms in total. The molecule has 2 N–H and O–H groups in total.